The van der Waals surface area contributed by atoms with Crippen LogP contribution in [0.5, 0.6) is 0 Å². The average molecular weight is 221 g/mol. The maximum absolute atomic E-state index is 5.38. The van der Waals surface area contributed by atoms with Gasteiger partial charge in [0, 0.05) is 5.92 Å². The van der Waals surface area contributed by atoms with E-state index < -0.39 is 0 Å². The van der Waals surface area contributed by atoms with Crippen LogP contribution in [0.4, 0.5) is 0 Å². The van der Waals surface area contributed by atoms with E-state index in [1.54, 1.807) is 0 Å². The van der Waals surface area contributed by atoms with Crippen molar-refractivity contribution >= 4 is 0 Å². The average Bonchev–Trinajstić information content (AvgIpc) is 3.08. The predicted molar refractivity (Wildman–Crippen MR) is 60.1 cm³/mol. The first kappa shape index (κ1) is 10.3. The van der Waals surface area contributed by atoms with Crippen molar-refractivity contribution in [1.82, 2.24) is 15.0 Å². The van der Waals surface area contributed by atoms with Gasteiger partial charge in [0.2, 0.25) is 5.89 Å². The SMILES string of the molecule is CC(c1nc(C2CC2)no1)N1CCCCC1. The van der Waals surface area contributed by atoms with E-state index in [0.29, 0.717) is 12.0 Å². The third-order valence-electron chi connectivity index (χ3n) is 3.70. The largest absolute Gasteiger partial charge is 0.338 e. The fourth-order valence-electron chi connectivity index (χ4n) is 2.39. The summed E-state index contributed by atoms with van der Waals surface area (Å²) in [7, 11) is 0. The lowest BCUT2D eigenvalue weighted by Crippen LogP contribution is -2.32. The zero-order valence-corrected chi connectivity index (χ0v) is 9.85. The van der Waals surface area contributed by atoms with E-state index in [1.807, 2.05) is 0 Å². The number of piperidine rings is 1. The van der Waals surface area contributed by atoms with E-state index in [9.17, 15) is 0 Å². The third-order valence-corrected chi connectivity index (χ3v) is 3.70. The summed E-state index contributed by atoms with van der Waals surface area (Å²) in [6, 6.07) is 0.292. The summed E-state index contributed by atoms with van der Waals surface area (Å²) in [5, 5.41) is 4.08. The molecule has 1 unspecified atom stereocenters. The van der Waals surface area contributed by atoms with E-state index in [0.717, 1.165) is 11.7 Å². The first-order valence-corrected chi connectivity index (χ1v) is 6.42. The standard InChI is InChI=1S/C12H19N3O/c1-9(15-7-3-2-4-8-15)12-13-11(14-16-12)10-5-6-10/h9-10H,2-8H2,1H3. The van der Waals surface area contributed by atoms with Gasteiger partial charge in [-0.2, -0.15) is 4.98 Å². The van der Waals surface area contributed by atoms with Crippen molar-refractivity contribution < 1.29 is 4.52 Å². The summed E-state index contributed by atoms with van der Waals surface area (Å²) in [6.07, 6.45) is 6.43. The molecule has 2 fully saturated rings. The lowest BCUT2D eigenvalue weighted by Gasteiger charge is -2.29. The quantitative estimate of drug-likeness (QED) is 0.786. The maximum Gasteiger partial charge on any atom is 0.243 e. The number of likely N-dealkylation sites (tertiary alicyclic amines) is 1. The molecule has 0 bridgehead atoms. The summed E-state index contributed by atoms with van der Waals surface area (Å²) in [6.45, 7) is 4.51. The zero-order chi connectivity index (χ0) is 11.0. The van der Waals surface area contributed by atoms with Gasteiger partial charge in [0.05, 0.1) is 6.04 Å². The van der Waals surface area contributed by atoms with E-state index in [4.69, 9.17) is 4.52 Å². The molecule has 16 heavy (non-hydrogen) atoms. The van der Waals surface area contributed by atoms with Crippen LogP contribution in [0.25, 0.3) is 0 Å². The van der Waals surface area contributed by atoms with E-state index in [2.05, 4.69) is 22.0 Å². The number of hydrogen-bond donors (Lipinski definition) is 0. The summed E-state index contributed by atoms with van der Waals surface area (Å²) in [5.74, 6) is 2.33. The molecular weight excluding hydrogens is 202 g/mol. The van der Waals surface area contributed by atoms with Gasteiger partial charge < -0.3 is 4.52 Å². The summed E-state index contributed by atoms with van der Waals surface area (Å²) in [4.78, 5) is 6.98. The van der Waals surface area contributed by atoms with Gasteiger partial charge in [-0.05, 0) is 45.7 Å². The highest BCUT2D eigenvalue weighted by Gasteiger charge is 2.30. The van der Waals surface area contributed by atoms with Crippen LogP contribution in [0, 0.1) is 0 Å². The van der Waals surface area contributed by atoms with E-state index in [1.165, 1.54) is 45.2 Å². The first-order chi connectivity index (χ1) is 7.84. The van der Waals surface area contributed by atoms with Crippen molar-refractivity contribution in [2.75, 3.05) is 13.1 Å². The van der Waals surface area contributed by atoms with Crippen LogP contribution in [0.15, 0.2) is 4.52 Å². The van der Waals surface area contributed by atoms with Crippen molar-refractivity contribution in [3.8, 4) is 0 Å². The van der Waals surface area contributed by atoms with Crippen LogP contribution in [-0.2, 0) is 0 Å². The first-order valence-electron chi connectivity index (χ1n) is 6.42. The Hall–Kier alpha value is -0.900. The Bertz CT molecular complexity index is 353. The summed E-state index contributed by atoms with van der Waals surface area (Å²) < 4.78 is 5.38. The van der Waals surface area contributed by atoms with Gasteiger partial charge in [0.25, 0.3) is 0 Å². The second-order valence-corrected chi connectivity index (χ2v) is 5.04. The highest BCUT2D eigenvalue weighted by atomic mass is 16.5. The maximum atomic E-state index is 5.38. The molecule has 1 saturated heterocycles. The Morgan fingerprint density at radius 1 is 1.25 bits per heavy atom. The molecular formula is C12H19N3O. The monoisotopic (exact) mass is 221 g/mol. The van der Waals surface area contributed by atoms with Crippen molar-refractivity contribution in [2.24, 2.45) is 0 Å². The zero-order valence-electron chi connectivity index (χ0n) is 9.85. The van der Waals surface area contributed by atoms with Crippen LogP contribution in [0.3, 0.4) is 0 Å². The van der Waals surface area contributed by atoms with Crippen molar-refractivity contribution in [3.63, 3.8) is 0 Å². The van der Waals surface area contributed by atoms with E-state index >= 15 is 0 Å². The molecule has 0 radical (unpaired) electrons. The molecule has 0 amide bonds. The predicted octanol–water partition coefficient (Wildman–Crippen LogP) is 2.49. The molecule has 1 aromatic heterocycles. The molecule has 1 aliphatic carbocycles. The molecule has 1 saturated carbocycles. The topological polar surface area (TPSA) is 42.2 Å². The lowest BCUT2D eigenvalue weighted by atomic mass is 10.1. The van der Waals surface area contributed by atoms with Gasteiger partial charge in [-0.3, -0.25) is 4.90 Å². The van der Waals surface area contributed by atoms with Crippen LogP contribution in [0.2, 0.25) is 0 Å². The third kappa shape index (κ3) is 1.98. The Labute approximate surface area is 96.0 Å². The Kier molecular flexibility index (Phi) is 2.67. The second kappa shape index (κ2) is 4.17. The molecule has 88 valence electrons. The molecule has 0 aromatic carbocycles. The fraction of sp³-hybridized carbons (Fsp3) is 0.833. The van der Waals surface area contributed by atoms with Gasteiger partial charge in [0.15, 0.2) is 5.82 Å². The highest BCUT2D eigenvalue weighted by molar-refractivity contribution is 5.04. The summed E-state index contributed by atoms with van der Waals surface area (Å²) in [5.41, 5.74) is 0. The molecule has 1 aromatic rings. The van der Waals surface area contributed by atoms with E-state index in [-0.39, 0.29) is 0 Å². The molecule has 2 heterocycles. The number of rotatable bonds is 3. The Morgan fingerprint density at radius 2 is 2.00 bits per heavy atom. The molecule has 1 aliphatic heterocycles. The molecule has 4 heteroatoms. The van der Waals surface area contributed by atoms with Crippen molar-refractivity contribution in [3.05, 3.63) is 11.7 Å². The normalized spacial score (nSPS) is 24.6. The Balaban J connectivity index is 1.69. The molecule has 4 nitrogen and oxygen atoms in total. The number of nitrogens with zero attached hydrogens (tertiary/aromatic N) is 3. The molecule has 3 rings (SSSR count). The minimum atomic E-state index is 0.292. The van der Waals surface area contributed by atoms with Crippen molar-refractivity contribution in [2.45, 2.75) is 51.0 Å². The smallest absolute Gasteiger partial charge is 0.243 e. The second-order valence-electron chi connectivity index (χ2n) is 5.04. The van der Waals surface area contributed by atoms with Gasteiger partial charge >= 0.3 is 0 Å². The highest BCUT2D eigenvalue weighted by Crippen LogP contribution is 2.38. The lowest BCUT2D eigenvalue weighted by molar-refractivity contribution is 0.146. The van der Waals surface area contributed by atoms with Crippen LogP contribution in [-0.4, -0.2) is 28.1 Å². The molecule has 2 aliphatic rings. The summed E-state index contributed by atoms with van der Waals surface area (Å²) >= 11 is 0. The van der Waals surface area contributed by atoms with Crippen LogP contribution >= 0.6 is 0 Å². The van der Waals surface area contributed by atoms with Crippen molar-refractivity contribution in [1.29, 1.82) is 0 Å². The van der Waals surface area contributed by atoms with Gasteiger partial charge in [-0.15, -0.1) is 0 Å². The van der Waals surface area contributed by atoms with Gasteiger partial charge in [0.1, 0.15) is 0 Å². The molecule has 0 N–H and O–H groups in total. The minimum Gasteiger partial charge on any atom is -0.338 e. The van der Waals surface area contributed by atoms with Crippen LogP contribution in [0.1, 0.15) is 62.7 Å². The van der Waals surface area contributed by atoms with Crippen LogP contribution < -0.4 is 0 Å². The van der Waals surface area contributed by atoms with Gasteiger partial charge in [-0.1, -0.05) is 11.6 Å². The fourth-order valence-corrected chi connectivity index (χ4v) is 2.39. The number of aromatic nitrogens is 2. The molecule has 0 spiro atoms. The number of hydrogen-bond acceptors (Lipinski definition) is 4. The Morgan fingerprint density at radius 3 is 2.69 bits per heavy atom. The molecule has 1 atom stereocenters. The van der Waals surface area contributed by atoms with Gasteiger partial charge in [-0.25, -0.2) is 0 Å². The minimum absolute atomic E-state index is 0.292.